The van der Waals surface area contributed by atoms with Gasteiger partial charge in [-0.25, -0.2) is 0 Å². The highest BCUT2D eigenvalue weighted by molar-refractivity contribution is 7.99. The highest BCUT2D eigenvalue weighted by atomic mass is 32.2. The van der Waals surface area contributed by atoms with Crippen molar-refractivity contribution < 1.29 is 4.74 Å². The van der Waals surface area contributed by atoms with E-state index in [0.717, 1.165) is 24.6 Å². The molecule has 0 amide bonds. The molecular formula is C13H20N2OS. The highest BCUT2D eigenvalue weighted by Gasteiger charge is 2.26. The molecule has 0 bridgehead atoms. The van der Waals surface area contributed by atoms with Gasteiger partial charge in [-0.1, -0.05) is 6.07 Å². The highest BCUT2D eigenvalue weighted by Crippen LogP contribution is 2.43. The Hall–Kier alpha value is -0.870. The van der Waals surface area contributed by atoms with Gasteiger partial charge in [-0.15, -0.1) is 11.8 Å². The molecule has 0 saturated heterocycles. The van der Waals surface area contributed by atoms with Crippen LogP contribution in [0.1, 0.15) is 6.92 Å². The number of rotatable bonds is 4. The fourth-order valence-corrected chi connectivity index (χ4v) is 3.28. The summed E-state index contributed by atoms with van der Waals surface area (Å²) in [7, 11) is 3.74. The second-order valence-electron chi connectivity index (χ2n) is 4.26. The Morgan fingerprint density at radius 3 is 3.06 bits per heavy atom. The quantitative estimate of drug-likeness (QED) is 0.888. The molecule has 1 aromatic carbocycles. The summed E-state index contributed by atoms with van der Waals surface area (Å²) in [6.45, 7) is 4.29. The number of benzene rings is 1. The van der Waals surface area contributed by atoms with Crippen molar-refractivity contribution in [3.05, 3.63) is 18.2 Å². The van der Waals surface area contributed by atoms with Crippen molar-refractivity contribution in [3.63, 3.8) is 0 Å². The Balaban J connectivity index is 2.34. The monoisotopic (exact) mass is 252 g/mol. The molecule has 1 aliphatic rings. The SMILES string of the molecule is CNCCN1c2c(OC)cccc2SCC1C. The summed E-state index contributed by atoms with van der Waals surface area (Å²) in [6.07, 6.45) is 0. The second kappa shape index (κ2) is 5.65. The molecule has 17 heavy (non-hydrogen) atoms. The van der Waals surface area contributed by atoms with Crippen LogP contribution in [-0.4, -0.2) is 39.0 Å². The molecule has 0 radical (unpaired) electrons. The Kier molecular flexibility index (Phi) is 4.18. The number of hydrogen-bond donors (Lipinski definition) is 1. The molecule has 1 aliphatic heterocycles. The van der Waals surface area contributed by atoms with E-state index in [1.807, 2.05) is 24.9 Å². The fourth-order valence-electron chi connectivity index (χ4n) is 2.15. The zero-order valence-electron chi connectivity index (χ0n) is 10.7. The van der Waals surface area contributed by atoms with E-state index in [1.165, 1.54) is 10.6 Å². The first kappa shape index (κ1) is 12.6. The molecule has 0 aliphatic carbocycles. The van der Waals surface area contributed by atoms with Gasteiger partial charge in [-0.2, -0.15) is 0 Å². The van der Waals surface area contributed by atoms with Crippen LogP contribution < -0.4 is 15.0 Å². The number of thioether (sulfide) groups is 1. The maximum Gasteiger partial charge on any atom is 0.143 e. The van der Waals surface area contributed by atoms with Crippen molar-refractivity contribution >= 4 is 17.4 Å². The second-order valence-corrected chi connectivity index (χ2v) is 5.33. The molecule has 0 aromatic heterocycles. The lowest BCUT2D eigenvalue weighted by Crippen LogP contribution is -2.41. The molecular weight excluding hydrogens is 232 g/mol. The molecule has 1 heterocycles. The van der Waals surface area contributed by atoms with Crippen LogP contribution in [0.5, 0.6) is 5.75 Å². The number of fused-ring (bicyclic) bond motifs is 1. The van der Waals surface area contributed by atoms with E-state index in [0.29, 0.717) is 6.04 Å². The number of nitrogens with one attached hydrogen (secondary N) is 1. The van der Waals surface area contributed by atoms with Crippen LogP contribution in [0, 0.1) is 0 Å². The van der Waals surface area contributed by atoms with Gasteiger partial charge in [0.25, 0.3) is 0 Å². The number of para-hydroxylation sites is 1. The lowest BCUT2D eigenvalue weighted by molar-refractivity contribution is 0.411. The van der Waals surface area contributed by atoms with Crippen molar-refractivity contribution in [1.29, 1.82) is 0 Å². The van der Waals surface area contributed by atoms with E-state index in [2.05, 4.69) is 29.3 Å². The third kappa shape index (κ3) is 2.53. The predicted molar refractivity (Wildman–Crippen MR) is 74.5 cm³/mol. The largest absolute Gasteiger partial charge is 0.495 e. The average Bonchev–Trinajstić information content (AvgIpc) is 2.37. The summed E-state index contributed by atoms with van der Waals surface area (Å²) < 4.78 is 5.50. The van der Waals surface area contributed by atoms with E-state index in [-0.39, 0.29) is 0 Å². The molecule has 1 aromatic rings. The van der Waals surface area contributed by atoms with Crippen molar-refractivity contribution in [3.8, 4) is 5.75 Å². The third-order valence-corrected chi connectivity index (χ3v) is 4.37. The van der Waals surface area contributed by atoms with Gasteiger partial charge in [0.15, 0.2) is 0 Å². The third-order valence-electron chi connectivity index (χ3n) is 3.08. The Morgan fingerprint density at radius 2 is 2.35 bits per heavy atom. The zero-order valence-corrected chi connectivity index (χ0v) is 11.5. The topological polar surface area (TPSA) is 24.5 Å². The number of hydrogen-bond acceptors (Lipinski definition) is 4. The first-order chi connectivity index (χ1) is 8.27. The van der Waals surface area contributed by atoms with Crippen LogP contribution in [0.3, 0.4) is 0 Å². The van der Waals surface area contributed by atoms with E-state index in [1.54, 1.807) is 7.11 Å². The normalized spacial score (nSPS) is 19.0. The maximum atomic E-state index is 5.50. The molecule has 0 spiro atoms. The molecule has 94 valence electrons. The van der Waals surface area contributed by atoms with Gasteiger partial charge in [-0.3, -0.25) is 0 Å². The van der Waals surface area contributed by atoms with E-state index < -0.39 is 0 Å². The molecule has 1 N–H and O–H groups in total. The average molecular weight is 252 g/mol. The van der Waals surface area contributed by atoms with Crippen molar-refractivity contribution in [2.24, 2.45) is 0 Å². The van der Waals surface area contributed by atoms with Gasteiger partial charge in [0.1, 0.15) is 5.75 Å². The summed E-state index contributed by atoms with van der Waals surface area (Å²) in [4.78, 5) is 3.78. The van der Waals surface area contributed by atoms with Crippen LogP contribution >= 0.6 is 11.8 Å². The van der Waals surface area contributed by atoms with Gasteiger partial charge in [0.05, 0.1) is 12.8 Å². The van der Waals surface area contributed by atoms with E-state index in [9.17, 15) is 0 Å². The summed E-state index contributed by atoms with van der Waals surface area (Å²) in [5.41, 5.74) is 1.26. The van der Waals surface area contributed by atoms with E-state index >= 15 is 0 Å². The predicted octanol–water partition coefficient (Wildman–Crippen LogP) is 2.22. The fraction of sp³-hybridized carbons (Fsp3) is 0.538. The summed E-state index contributed by atoms with van der Waals surface area (Å²) in [6, 6.07) is 6.85. The van der Waals surface area contributed by atoms with Crippen LogP contribution in [0.2, 0.25) is 0 Å². The summed E-state index contributed by atoms with van der Waals surface area (Å²) >= 11 is 1.92. The van der Waals surface area contributed by atoms with Crippen LogP contribution in [0.25, 0.3) is 0 Å². The maximum absolute atomic E-state index is 5.50. The smallest absolute Gasteiger partial charge is 0.143 e. The Bertz CT molecular complexity index is 369. The lowest BCUT2D eigenvalue weighted by atomic mass is 10.2. The first-order valence-electron chi connectivity index (χ1n) is 5.99. The minimum absolute atomic E-state index is 0.553. The van der Waals surface area contributed by atoms with Gasteiger partial charge < -0.3 is 15.0 Å². The zero-order chi connectivity index (χ0) is 12.3. The number of methoxy groups -OCH3 is 1. The van der Waals surface area contributed by atoms with Gasteiger partial charge in [0, 0.05) is 29.8 Å². The lowest BCUT2D eigenvalue weighted by Gasteiger charge is -2.37. The van der Waals surface area contributed by atoms with Crippen LogP contribution in [0.4, 0.5) is 5.69 Å². The molecule has 0 saturated carbocycles. The number of ether oxygens (including phenoxy) is 1. The minimum Gasteiger partial charge on any atom is -0.495 e. The van der Waals surface area contributed by atoms with E-state index in [4.69, 9.17) is 4.74 Å². The van der Waals surface area contributed by atoms with Gasteiger partial charge in [-0.05, 0) is 26.1 Å². The first-order valence-corrected chi connectivity index (χ1v) is 6.97. The molecule has 3 nitrogen and oxygen atoms in total. The number of nitrogens with zero attached hydrogens (tertiary/aromatic N) is 1. The summed E-state index contributed by atoms with van der Waals surface area (Å²) in [5, 5.41) is 3.21. The van der Waals surface area contributed by atoms with Crippen LogP contribution in [0.15, 0.2) is 23.1 Å². The molecule has 2 rings (SSSR count). The van der Waals surface area contributed by atoms with Gasteiger partial charge >= 0.3 is 0 Å². The minimum atomic E-state index is 0.553. The molecule has 1 atom stereocenters. The Labute approximate surface area is 108 Å². The van der Waals surface area contributed by atoms with Crippen molar-refractivity contribution in [2.45, 2.75) is 17.9 Å². The number of likely N-dealkylation sites (N-methyl/N-ethyl adjacent to an activating group) is 1. The molecule has 1 unspecified atom stereocenters. The van der Waals surface area contributed by atoms with Crippen LogP contribution in [-0.2, 0) is 0 Å². The van der Waals surface area contributed by atoms with Crippen molar-refractivity contribution in [1.82, 2.24) is 5.32 Å². The Morgan fingerprint density at radius 1 is 1.53 bits per heavy atom. The van der Waals surface area contributed by atoms with Crippen molar-refractivity contribution in [2.75, 3.05) is 37.9 Å². The summed E-state index contributed by atoms with van der Waals surface area (Å²) in [5.74, 6) is 2.13. The standard InChI is InChI=1S/C13H20N2OS/c1-10-9-17-12-6-4-5-11(16-3)13(12)15(10)8-7-14-2/h4-6,10,14H,7-9H2,1-3H3. The van der Waals surface area contributed by atoms with Gasteiger partial charge in [0.2, 0.25) is 0 Å². The molecule has 0 fully saturated rings. The molecule has 4 heteroatoms. The number of anilines is 1.